The van der Waals surface area contributed by atoms with Crippen LogP contribution in [-0.2, 0) is 9.53 Å². The number of carbonyl (C=O) groups is 1. The third kappa shape index (κ3) is 3.92. The van der Waals surface area contributed by atoms with Crippen molar-refractivity contribution < 1.29 is 9.53 Å². The fourth-order valence-electron chi connectivity index (χ4n) is 2.30. The monoisotopic (exact) mass is 288 g/mol. The molecule has 0 unspecified atom stereocenters. The lowest BCUT2D eigenvalue weighted by molar-refractivity contribution is -0.117. The van der Waals surface area contributed by atoms with E-state index in [2.05, 4.69) is 10.4 Å². The van der Waals surface area contributed by atoms with Gasteiger partial charge < -0.3 is 10.1 Å². The zero-order valence-corrected chi connectivity index (χ0v) is 12.2. The van der Waals surface area contributed by atoms with Crippen LogP contribution >= 0.6 is 0 Å². The summed E-state index contributed by atoms with van der Waals surface area (Å²) in [7, 11) is 0. The first-order chi connectivity index (χ1) is 10.3. The normalized spacial score (nSPS) is 16.5. The molecule has 0 aromatic carbocycles. The summed E-state index contributed by atoms with van der Waals surface area (Å²) in [6, 6.07) is 4.04. The Hall–Kier alpha value is -2.13. The zero-order chi connectivity index (χ0) is 15.1. The maximum Gasteiger partial charge on any atom is 0.262 e. The zero-order valence-electron chi connectivity index (χ0n) is 12.2. The topological polar surface area (TPSA) is 79.9 Å². The number of carbonyl (C=O) groups excluding carboxylic acids is 1. The molecule has 0 aliphatic carbocycles. The molecule has 21 heavy (non-hydrogen) atoms. The Labute approximate surface area is 124 Å². The van der Waals surface area contributed by atoms with Crippen molar-refractivity contribution in [2.75, 3.05) is 19.8 Å². The summed E-state index contributed by atoms with van der Waals surface area (Å²) in [4.78, 5) is 11.9. The van der Waals surface area contributed by atoms with E-state index < -0.39 is 0 Å². The molecule has 0 radical (unpaired) electrons. The number of nitriles is 1. The number of hydrogen-bond donors (Lipinski definition) is 1. The van der Waals surface area contributed by atoms with Crippen molar-refractivity contribution >= 4 is 12.0 Å². The predicted molar refractivity (Wildman–Crippen MR) is 78.2 cm³/mol. The molecule has 0 atom stereocenters. The average molecular weight is 288 g/mol. The van der Waals surface area contributed by atoms with E-state index in [0.717, 1.165) is 38.2 Å². The van der Waals surface area contributed by atoms with Gasteiger partial charge in [0.15, 0.2) is 0 Å². The number of ether oxygens (including phenoxy) is 1. The first kappa shape index (κ1) is 15.3. The number of rotatable bonds is 5. The van der Waals surface area contributed by atoms with Gasteiger partial charge in [0.25, 0.3) is 5.91 Å². The fraction of sp³-hybridized carbons (Fsp3) is 0.533. The second-order valence-corrected chi connectivity index (χ2v) is 4.97. The van der Waals surface area contributed by atoms with Crippen LogP contribution in [0.5, 0.6) is 0 Å². The number of nitrogens with zero attached hydrogens (tertiary/aromatic N) is 3. The number of aromatic nitrogens is 2. The van der Waals surface area contributed by atoms with Crippen LogP contribution in [0.2, 0.25) is 0 Å². The van der Waals surface area contributed by atoms with E-state index in [9.17, 15) is 4.79 Å². The second-order valence-electron chi connectivity index (χ2n) is 4.97. The van der Waals surface area contributed by atoms with E-state index in [-0.39, 0.29) is 17.5 Å². The largest absolute Gasteiger partial charge is 0.381 e. The first-order valence-corrected chi connectivity index (χ1v) is 7.27. The summed E-state index contributed by atoms with van der Waals surface area (Å²) in [6.07, 6.45) is 5.93. The van der Waals surface area contributed by atoms with E-state index in [1.807, 2.05) is 23.7 Å². The van der Waals surface area contributed by atoms with E-state index in [4.69, 9.17) is 10.00 Å². The second kappa shape index (κ2) is 7.60. The molecular weight excluding hydrogens is 268 g/mol. The highest BCUT2D eigenvalue weighted by molar-refractivity contribution is 6.01. The van der Waals surface area contributed by atoms with Crippen LogP contribution in [0.4, 0.5) is 0 Å². The maximum atomic E-state index is 11.9. The van der Waals surface area contributed by atoms with Crippen LogP contribution in [0.3, 0.4) is 0 Å². The smallest absolute Gasteiger partial charge is 0.262 e. The van der Waals surface area contributed by atoms with Gasteiger partial charge in [-0.3, -0.25) is 9.48 Å². The van der Waals surface area contributed by atoms with Crippen molar-refractivity contribution in [3.05, 3.63) is 23.5 Å². The SMILES string of the molecule is CCCNC(=O)/C(C#N)=C/c1ccnn1C1CCOCC1. The summed E-state index contributed by atoms with van der Waals surface area (Å²) in [5.74, 6) is -0.334. The van der Waals surface area contributed by atoms with Crippen molar-refractivity contribution in [1.82, 2.24) is 15.1 Å². The van der Waals surface area contributed by atoms with Gasteiger partial charge in [0.1, 0.15) is 11.6 Å². The minimum absolute atomic E-state index is 0.109. The molecule has 1 amide bonds. The summed E-state index contributed by atoms with van der Waals surface area (Å²) in [5.41, 5.74) is 0.891. The highest BCUT2D eigenvalue weighted by Crippen LogP contribution is 2.22. The molecule has 6 nitrogen and oxygen atoms in total. The molecule has 2 heterocycles. The van der Waals surface area contributed by atoms with E-state index in [0.29, 0.717) is 6.54 Å². The maximum absolute atomic E-state index is 11.9. The Bertz CT molecular complexity index is 550. The van der Waals surface area contributed by atoms with Crippen LogP contribution in [0.1, 0.15) is 37.9 Å². The van der Waals surface area contributed by atoms with Crippen LogP contribution in [0.15, 0.2) is 17.8 Å². The minimum atomic E-state index is -0.334. The quantitative estimate of drug-likeness (QED) is 0.660. The third-order valence-electron chi connectivity index (χ3n) is 3.43. The van der Waals surface area contributed by atoms with Gasteiger partial charge in [0.05, 0.1) is 11.7 Å². The number of amides is 1. The van der Waals surface area contributed by atoms with Gasteiger partial charge in [0, 0.05) is 26.0 Å². The van der Waals surface area contributed by atoms with Gasteiger partial charge >= 0.3 is 0 Å². The van der Waals surface area contributed by atoms with Crippen LogP contribution in [0, 0.1) is 11.3 Å². The van der Waals surface area contributed by atoms with Crippen LogP contribution in [-0.4, -0.2) is 35.4 Å². The molecule has 1 N–H and O–H groups in total. The Kier molecular flexibility index (Phi) is 5.52. The summed E-state index contributed by atoms with van der Waals surface area (Å²) < 4.78 is 7.23. The van der Waals surface area contributed by atoms with Gasteiger partial charge in [-0.05, 0) is 31.4 Å². The lowest BCUT2D eigenvalue weighted by Gasteiger charge is -2.23. The van der Waals surface area contributed by atoms with Gasteiger partial charge in [0.2, 0.25) is 0 Å². The highest BCUT2D eigenvalue weighted by atomic mass is 16.5. The lowest BCUT2D eigenvalue weighted by atomic mass is 10.1. The van der Waals surface area contributed by atoms with Crippen LogP contribution in [0.25, 0.3) is 6.08 Å². The van der Waals surface area contributed by atoms with E-state index in [1.165, 1.54) is 0 Å². The van der Waals surface area contributed by atoms with Crippen molar-refractivity contribution in [3.63, 3.8) is 0 Å². The molecule has 1 fully saturated rings. The average Bonchev–Trinajstić information content (AvgIpc) is 2.99. The molecule has 1 aliphatic rings. The number of hydrogen-bond acceptors (Lipinski definition) is 4. The molecule has 0 saturated carbocycles. The molecule has 2 rings (SSSR count). The third-order valence-corrected chi connectivity index (χ3v) is 3.43. The van der Waals surface area contributed by atoms with Crippen LogP contribution < -0.4 is 5.32 Å². The van der Waals surface area contributed by atoms with Crippen molar-refractivity contribution in [2.24, 2.45) is 0 Å². The standard InChI is InChI=1S/C15H20N4O2/c1-2-6-17-15(20)12(11-16)10-14-3-7-18-19(14)13-4-8-21-9-5-13/h3,7,10,13H,2,4-6,8-9H2,1H3,(H,17,20)/b12-10+. The Morgan fingerprint density at radius 3 is 3.05 bits per heavy atom. The first-order valence-electron chi connectivity index (χ1n) is 7.27. The fourth-order valence-corrected chi connectivity index (χ4v) is 2.30. The van der Waals surface area contributed by atoms with Gasteiger partial charge in [-0.2, -0.15) is 10.4 Å². The molecule has 1 aromatic heterocycles. The van der Waals surface area contributed by atoms with Gasteiger partial charge in [-0.1, -0.05) is 6.92 Å². The Morgan fingerprint density at radius 1 is 1.62 bits per heavy atom. The molecule has 1 aromatic rings. The van der Waals surface area contributed by atoms with Crippen molar-refractivity contribution in [2.45, 2.75) is 32.2 Å². The van der Waals surface area contributed by atoms with E-state index in [1.54, 1.807) is 12.3 Å². The molecule has 1 aliphatic heterocycles. The van der Waals surface area contributed by atoms with Gasteiger partial charge in [-0.15, -0.1) is 0 Å². The highest BCUT2D eigenvalue weighted by Gasteiger charge is 2.19. The summed E-state index contributed by atoms with van der Waals surface area (Å²) in [5, 5.41) is 16.2. The summed E-state index contributed by atoms with van der Waals surface area (Å²) >= 11 is 0. The molecule has 6 heteroatoms. The predicted octanol–water partition coefficient (Wildman–Crippen LogP) is 1.67. The molecule has 0 bridgehead atoms. The van der Waals surface area contributed by atoms with Crippen molar-refractivity contribution in [1.29, 1.82) is 5.26 Å². The molecular formula is C15H20N4O2. The molecule has 0 spiro atoms. The van der Waals surface area contributed by atoms with Gasteiger partial charge in [-0.25, -0.2) is 0 Å². The minimum Gasteiger partial charge on any atom is -0.381 e. The van der Waals surface area contributed by atoms with Crippen molar-refractivity contribution in [3.8, 4) is 6.07 Å². The number of nitrogens with one attached hydrogen (secondary N) is 1. The lowest BCUT2D eigenvalue weighted by Crippen LogP contribution is -2.25. The van der Waals surface area contributed by atoms with E-state index >= 15 is 0 Å². The molecule has 112 valence electrons. The molecule has 1 saturated heterocycles. The Balaban J connectivity index is 2.17. The summed E-state index contributed by atoms with van der Waals surface area (Å²) in [6.45, 7) is 3.97. The Morgan fingerprint density at radius 2 is 2.38 bits per heavy atom.